The van der Waals surface area contributed by atoms with Gasteiger partial charge in [-0.1, -0.05) is 12.1 Å². The molecule has 2 saturated carbocycles. The Hall–Kier alpha value is -1.38. The van der Waals surface area contributed by atoms with Crippen molar-refractivity contribution in [2.45, 2.75) is 38.1 Å². The van der Waals surface area contributed by atoms with Gasteiger partial charge in [0.2, 0.25) is 5.91 Å². The Labute approximate surface area is 107 Å². The number of nitrogens with one attached hydrogen (secondary N) is 1. The number of carbonyl (C=O) groups excluding carboxylic acids is 1. The summed E-state index contributed by atoms with van der Waals surface area (Å²) in [4.78, 5) is 12.0. The van der Waals surface area contributed by atoms with Crippen molar-refractivity contribution < 1.29 is 9.18 Å². The Morgan fingerprint density at radius 1 is 1.33 bits per heavy atom. The second-order valence-corrected chi connectivity index (χ2v) is 5.63. The standard InChI is InChI=1S/C15H18FNO/c1-9(10-2-3-10)17-15(18)14-8-13(14)11-4-6-12(16)7-5-11/h4-7,9-10,13-14H,2-3,8H2,1H3,(H,17,18). The van der Waals surface area contributed by atoms with Crippen molar-refractivity contribution in [3.8, 4) is 0 Å². The highest BCUT2D eigenvalue weighted by Crippen LogP contribution is 2.47. The van der Waals surface area contributed by atoms with Gasteiger partial charge in [-0.25, -0.2) is 4.39 Å². The summed E-state index contributed by atoms with van der Waals surface area (Å²) in [6.45, 7) is 2.09. The number of hydrogen-bond donors (Lipinski definition) is 1. The van der Waals surface area contributed by atoms with E-state index in [-0.39, 0.29) is 23.6 Å². The summed E-state index contributed by atoms with van der Waals surface area (Å²) < 4.78 is 12.8. The van der Waals surface area contributed by atoms with Gasteiger partial charge in [0.15, 0.2) is 0 Å². The molecule has 0 aliphatic heterocycles. The highest BCUT2D eigenvalue weighted by atomic mass is 19.1. The molecule has 0 heterocycles. The van der Waals surface area contributed by atoms with Crippen molar-refractivity contribution in [3.63, 3.8) is 0 Å². The van der Waals surface area contributed by atoms with Crippen molar-refractivity contribution in [1.29, 1.82) is 0 Å². The van der Waals surface area contributed by atoms with Crippen LogP contribution in [-0.4, -0.2) is 11.9 Å². The van der Waals surface area contributed by atoms with Crippen LogP contribution < -0.4 is 5.32 Å². The smallest absolute Gasteiger partial charge is 0.223 e. The first-order valence-electron chi connectivity index (χ1n) is 6.71. The lowest BCUT2D eigenvalue weighted by Gasteiger charge is -2.12. The van der Waals surface area contributed by atoms with E-state index in [0.717, 1.165) is 12.0 Å². The van der Waals surface area contributed by atoms with E-state index in [9.17, 15) is 9.18 Å². The molecular weight excluding hydrogens is 229 g/mol. The number of carbonyl (C=O) groups is 1. The summed E-state index contributed by atoms with van der Waals surface area (Å²) in [6, 6.07) is 6.83. The number of rotatable bonds is 4. The van der Waals surface area contributed by atoms with Crippen LogP contribution >= 0.6 is 0 Å². The largest absolute Gasteiger partial charge is 0.353 e. The molecule has 1 aromatic carbocycles. The third kappa shape index (κ3) is 2.40. The molecule has 1 amide bonds. The van der Waals surface area contributed by atoms with Crippen molar-refractivity contribution in [1.82, 2.24) is 5.32 Å². The molecule has 3 atom stereocenters. The number of halogens is 1. The van der Waals surface area contributed by atoms with Gasteiger partial charge >= 0.3 is 0 Å². The van der Waals surface area contributed by atoms with Gasteiger partial charge < -0.3 is 5.32 Å². The summed E-state index contributed by atoms with van der Waals surface area (Å²) in [5.41, 5.74) is 1.08. The van der Waals surface area contributed by atoms with Crippen LogP contribution in [0.3, 0.4) is 0 Å². The van der Waals surface area contributed by atoms with Crippen LogP contribution in [0.4, 0.5) is 4.39 Å². The highest BCUT2D eigenvalue weighted by molar-refractivity contribution is 5.83. The van der Waals surface area contributed by atoms with Crippen LogP contribution in [0.15, 0.2) is 24.3 Å². The quantitative estimate of drug-likeness (QED) is 0.871. The van der Waals surface area contributed by atoms with Gasteiger partial charge in [-0.3, -0.25) is 4.79 Å². The minimum atomic E-state index is -0.220. The molecule has 3 unspecified atom stereocenters. The Kier molecular flexibility index (Phi) is 2.84. The van der Waals surface area contributed by atoms with Gasteiger partial charge in [0.1, 0.15) is 5.82 Å². The molecule has 3 heteroatoms. The van der Waals surface area contributed by atoms with E-state index in [1.165, 1.54) is 25.0 Å². The van der Waals surface area contributed by atoms with E-state index >= 15 is 0 Å². The molecule has 1 aromatic rings. The van der Waals surface area contributed by atoms with Gasteiger partial charge in [-0.2, -0.15) is 0 Å². The Bertz CT molecular complexity index is 452. The van der Waals surface area contributed by atoms with E-state index in [2.05, 4.69) is 12.2 Å². The second-order valence-electron chi connectivity index (χ2n) is 5.63. The monoisotopic (exact) mass is 247 g/mol. The Morgan fingerprint density at radius 3 is 2.61 bits per heavy atom. The third-order valence-electron chi connectivity index (χ3n) is 4.12. The van der Waals surface area contributed by atoms with E-state index in [0.29, 0.717) is 12.0 Å². The summed E-state index contributed by atoms with van der Waals surface area (Å²) in [6.07, 6.45) is 3.38. The zero-order valence-electron chi connectivity index (χ0n) is 10.5. The van der Waals surface area contributed by atoms with Crippen LogP contribution in [0.25, 0.3) is 0 Å². The van der Waals surface area contributed by atoms with Gasteiger partial charge in [0.25, 0.3) is 0 Å². The van der Waals surface area contributed by atoms with Crippen LogP contribution in [0, 0.1) is 17.7 Å². The van der Waals surface area contributed by atoms with Crippen LogP contribution in [0.5, 0.6) is 0 Å². The average molecular weight is 247 g/mol. The van der Waals surface area contributed by atoms with Crippen molar-refractivity contribution in [2.75, 3.05) is 0 Å². The van der Waals surface area contributed by atoms with Crippen molar-refractivity contribution in [2.24, 2.45) is 11.8 Å². The van der Waals surface area contributed by atoms with Crippen LogP contribution in [-0.2, 0) is 4.79 Å². The van der Waals surface area contributed by atoms with Gasteiger partial charge in [0.05, 0.1) is 0 Å². The van der Waals surface area contributed by atoms with Gasteiger partial charge in [-0.05, 0) is 55.7 Å². The maximum absolute atomic E-state index is 12.8. The average Bonchev–Trinajstić information content (AvgIpc) is 3.22. The minimum absolute atomic E-state index is 0.0941. The maximum atomic E-state index is 12.8. The van der Waals surface area contributed by atoms with E-state index in [1.807, 2.05) is 0 Å². The molecule has 3 rings (SSSR count). The Morgan fingerprint density at radius 2 is 2.00 bits per heavy atom. The number of amides is 1. The van der Waals surface area contributed by atoms with Crippen molar-refractivity contribution >= 4 is 5.91 Å². The molecule has 2 aliphatic carbocycles. The molecule has 1 N–H and O–H groups in total. The molecule has 96 valence electrons. The SMILES string of the molecule is CC(NC(=O)C1CC1c1ccc(F)cc1)C1CC1. The summed E-state index contributed by atoms with van der Waals surface area (Å²) in [5.74, 6) is 1.03. The summed E-state index contributed by atoms with van der Waals surface area (Å²) in [7, 11) is 0. The first kappa shape index (κ1) is 11.7. The third-order valence-corrected chi connectivity index (χ3v) is 4.12. The van der Waals surface area contributed by atoms with E-state index in [1.54, 1.807) is 12.1 Å². The fourth-order valence-electron chi connectivity index (χ4n) is 2.61. The Balaban J connectivity index is 1.56. The lowest BCUT2D eigenvalue weighted by molar-refractivity contribution is -0.123. The zero-order valence-corrected chi connectivity index (χ0v) is 10.5. The molecule has 0 spiro atoms. The zero-order chi connectivity index (χ0) is 12.7. The molecular formula is C15H18FNO. The van der Waals surface area contributed by atoms with Crippen LogP contribution in [0.2, 0.25) is 0 Å². The number of benzene rings is 1. The predicted molar refractivity (Wildman–Crippen MR) is 67.6 cm³/mol. The maximum Gasteiger partial charge on any atom is 0.223 e. The molecule has 2 nitrogen and oxygen atoms in total. The minimum Gasteiger partial charge on any atom is -0.353 e. The van der Waals surface area contributed by atoms with E-state index in [4.69, 9.17) is 0 Å². The topological polar surface area (TPSA) is 29.1 Å². The van der Waals surface area contributed by atoms with E-state index < -0.39 is 0 Å². The molecule has 0 saturated heterocycles. The lowest BCUT2D eigenvalue weighted by Crippen LogP contribution is -2.35. The fourth-order valence-corrected chi connectivity index (χ4v) is 2.61. The first-order valence-corrected chi connectivity index (χ1v) is 6.71. The van der Waals surface area contributed by atoms with Crippen molar-refractivity contribution in [3.05, 3.63) is 35.6 Å². The predicted octanol–water partition coefficient (Wildman–Crippen LogP) is 2.84. The second kappa shape index (κ2) is 4.38. The number of hydrogen-bond acceptors (Lipinski definition) is 1. The normalized spacial score (nSPS) is 27.7. The lowest BCUT2D eigenvalue weighted by atomic mass is 10.1. The molecule has 2 aliphatic rings. The molecule has 18 heavy (non-hydrogen) atoms. The van der Waals surface area contributed by atoms with Crippen LogP contribution in [0.1, 0.15) is 37.7 Å². The summed E-state index contributed by atoms with van der Waals surface area (Å²) >= 11 is 0. The van der Waals surface area contributed by atoms with Gasteiger partial charge in [-0.15, -0.1) is 0 Å². The molecule has 2 fully saturated rings. The fraction of sp³-hybridized carbons (Fsp3) is 0.533. The summed E-state index contributed by atoms with van der Waals surface area (Å²) in [5, 5.41) is 3.10. The molecule has 0 bridgehead atoms. The molecule has 0 aromatic heterocycles. The highest BCUT2D eigenvalue weighted by Gasteiger charge is 2.44. The van der Waals surface area contributed by atoms with Gasteiger partial charge in [0, 0.05) is 12.0 Å². The molecule has 0 radical (unpaired) electrons. The first-order chi connectivity index (χ1) is 8.65.